The molecule has 0 radical (unpaired) electrons. The van der Waals surface area contributed by atoms with Gasteiger partial charge in [-0.25, -0.2) is 14.4 Å². The summed E-state index contributed by atoms with van der Waals surface area (Å²) in [6, 6.07) is 13.5. The minimum absolute atomic E-state index is 0.308. The van der Waals surface area contributed by atoms with Gasteiger partial charge in [0.05, 0.1) is 0 Å². The van der Waals surface area contributed by atoms with Crippen molar-refractivity contribution in [1.82, 2.24) is 9.97 Å². The van der Waals surface area contributed by atoms with E-state index >= 15 is 0 Å². The SMILES string of the molecule is Cc1ccc(Cl)cc1Nc1cc(Nc2cccc(F)c2)ncn1. The molecule has 3 aromatic rings. The van der Waals surface area contributed by atoms with Crippen molar-refractivity contribution in [3.05, 3.63) is 71.3 Å². The highest BCUT2D eigenvalue weighted by molar-refractivity contribution is 6.30. The maximum absolute atomic E-state index is 13.2. The minimum atomic E-state index is -0.308. The predicted octanol–water partition coefficient (Wildman–Crippen LogP) is 5.06. The molecule has 116 valence electrons. The van der Waals surface area contributed by atoms with E-state index in [4.69, 9.17) is 11.6 Å². The highest BCUT2D eigenvalue weighted by atomic mass is 35.5. The van der Waals surface area contributed by atoms with E-state index in [1.165, 1.54) is 18.5 Å². The van der Waals surface area contributed by atoms with Gasteiger partial charge in [-0.15, -0.1) is 0 Å². The number of nitrogens with one attached hydrogen (secondary N) is 2. The summed E-state index contributed by atoms with van der Waals surface area (Å²) in [6.45, 7) is 1.98. The molecule has 0 aliphatic rings. The molecule has 0 saturated carbocycles. The van der Waals surface area contributed by atoms with Gasteiger partial charge < -0.3 is 10.6 Å². The second kappa shape index (κ2) is 6.62. The molecule has 0 fully saturated rings. The van der Waals surface area contributed by atoms with Gasteiger partial charge in [0.1, 0.15) is 23.8 Å². The quantitative estimate of drug-likeness (QED) is 0.702. The second-order valence-corrected chi connectivity index (χ2v) is 5.44. The lowest BCUT2D eigenvalue weighted by Crippen LogP contribution is -1.99. The van der Waals surface area contributed by atoms with Crippen LogP contribution in [0.15, 0.2) is 54.9 Å². The van der Waals surface area contributed by atoms with Crippen molar-refractivity contribution in [2.24, 2.45) is 0 Å². The molecule has 0 spiro atoms. The summed E-state index contributed by atoms with van der Waals surface area (Å²) in [7, 11) is 0. The third-order valence-electron chi connectivity index (χ3n) is 3.23. The van der Waals surface area contributed by atoms with Crippen LogP contribution in [-0.2, 0) is 0 Å². The fourth-order valence-electron chi connectivity index (χ4n) is 2.08. The smallest absolute Gasteiger partial charge is 0.135 e. The van der Waals surface area contributed by atoms with Gasteiger partial charge in [0, 0.05) is 22.5 Å². The van der Waals surface area contributed by atoms with E-state index < -0.39 is 0 Å². The molecule has 0 aliphatic carbocycles. The molecule has 0 atom stereocenters. The first kappa shape index (κ1) is 15.2. The van der Waals surface area contributed by atoms with Gasteiger partial charge >= 0.3 is 0 Å². The Balaban J connectivity index is 1.81. The summed E-state index contributed by atoms with van der Waals surface area (Å²) in [4.78, 5) is 8.32. The van der Waals surface area contributed by atoms with E-state index in [2.05, 4.69) is 20.6 Å². The van der Waals surface area contributed by atoms with Crippen LogP contribution in [0.3, 0.4) is 0 Å². The zero-order valence-electron chi connectivity index (χ0n) is 12.3. The van der Waals surface area contributed by atoms with Crippen LogP contribution in [0.1, 0.15) is 5.56 Å². The Hall–Kier alpha value is -2.66. The average Bonchev–Trinajstić information content (AvgIpc) is 2.51. The summed E-state index contributed by atoms with van der Waals surface area (Å²) >= 11 is 6.02. The van der Waals surface area contributed by atoms with Crippen LogP contribution in [0.4, 0.5) is 27.4 Å². The van der Waals surface area contributed by atoms with Crippen molar-refractivity contribution in [3.8, 4) is 0 Å². The predicted molar refractivity (Wildman–Crippen MR) is 91.2 cm³/mol. The molecule has 23 heavy (non-hydrogen) atoms. The largest absolute Gasteiger partial charge is 0.340 e. The summed E-state index contributed by atoms with van der Waals surface area (Å²) in [5.74, 6) is 0.869. The number of aryl methyl sites for hydroxylation is 1. The molecule has 0 amide bonds. The maximum Gasteiger partial charge on any atom is 0.135 e. The molecule has 2 N–H and O–H groups in total. The fraction of sp³-hybridized carbons (Fsp3) is 0.0588. The molecule has 0 saturated heterocycles. The fourth-order valence-corrected chi connectivity index (χ4v) is 2.25. The lowest BCUT2D eigenvalue weighted by atomic mass is 10.2. The molecule has 0 bridgehead atoms. The molecule has 0 unspecified atom stereocenters. The summed E-state index contributed by atoms with van der Waals surface area (Å²) in [5.41, 5.74) is 2.54. The number of hydrogen-bond acceptors (Lipinski definition) is 4. The topological polar surface area (TPSA) is 49.8 Å². The van der Waals surface area contributed by atoms with E-state index in [1.54, 1.807) is 18.2 Å². The first-order chi connectivity index (χ1) is 11.1. The van der Waals surface area contributed by atoms with Crippen molar-refractivity contribution in [2.45, 2.75) is 6.92 Å². The number of nitrogens with zero attached hydrogens (tertiary/aromatic N) is 2. The van der Waals surface area contributed by atoms with Gasteiger partial charge in [-0.1, -0.05) is 23.7 Å². The average molecular weight is 329 g/mol. The second-order valence-electron chi connectivity index (χ2n) is 5.01. The van der Waals surface area contributed by atoms with Gasteiger partial charge in [-0.3, -0.25) is 0 Å². The summed E-state index contributed by atoms with van der Waals surface area (Å²) in [6.07, 6.45) is 1.43. The Kier molecular flexibility index (Phi) is 4.39. The highest BCUT2D eigenvalue weighted by Gasteiger charge is 2.04. The maximum atomic E-state index is 13.2. The van der Waals surface area contributed by atoms with Crippen molar-refractivity contribution in [1.29, 1.82) is 0 Å². The Bertz CT molecular complexity index is 838. The van der Waals surface area contributed by atoms with E-state index in [0.29, 0.717) is 22.3 Å². The van der Waals surface area contributed by atoms with Crippen molar-refractivity contribution in [2.75, 3.05) is 10.6 Å². The molecule has 4 nitrogen and oxygen atoms in total. The minimum Gasteiger partial charge on any atom is -0.340 e. The number of benzene rings is 2. The molecule has 3 rings (SSSR count). The van der Waals surface area contributed by atoms with Crippen molar-refractivity contribution >= 4 is 34.6 Å². The number of rotatable bonds is 4. The standard InChI is InChI=1S/C17H14ClFN4/c1-11-5-6-12(18)7-15(11)23-17-9-16(20-10-21-17)22-14-4-2-3-13(19)8-14/h2-10H,1H3,(H2,20,21,22,23). The number of halogens is 2. The molecule has 1 aromatic heterocycles. The van der Waals surface area contributed by atoms with E-state index in [9.17, 15) is 4.39 Å². The van der Waals surface area contributed by atoms with Gasteiger partial charge in [0.15, 0.2) is 0 Å². The van der Waals surface area contributed by atoms with Gasteiger partial charge in [0.25, 0.3) is 0 Å². The number of aromatic nitrogens is 2. The normalized spacial score (nSPS) is 10.4. The van der Waals surface area contributed by atoms with Crippen LogP contribution in [0.5, 0.6) is 0 Å². The summed E-state index contributed by atoms with van der Waals surface area (Å²) in [5, 5.41) is 6.88. The van der Waals surface area contributed by atoms with Crippen LogP contribution in [0.2, 0.25) is 5.02 Å². The Morgan fingerprint density at radius 3 is 2.52 bits per heavy atom. The lowest BCUT2D eigenvalue weighted by Gasteiger charge is -2.11. The monoisotopic (exact) mass is 328 g/mol. The number of anilines is 4. The summed E-state index contributed by atoms with van der Waals surface area (Å²) < 4.78 is 13.2. The molecular formula is C17H14ClFN4. The van der Waals surface area contributed by atoms with Crippen LogP contribution in [0, 0.1) is 12.7 Å². The van der Waals surface area contributed by atoms with Crippen LogP contribution >= 0.6 is 11.6 Å². The van der Waals surface area contributed by atoms with E-state index in [0.717, 1.165) is 11.3 Å². The highest BCUT2D eigenvalue weighted by Crippen LogP contribution is 2.24. The van der Waals surface area contributed by atoms with E-state index in [1.807, 2.05) is 25.1 Å². The Morgan fingerprint density at radius 2 is 1.74 bits per heavy atom. The van der Waals surface area contributed by atoms with Crippen molar-refractivity contribution < 1.29 is 4.39 Å². The van der Waals surface area contributed by atoms with Crippen LogP contribution in [-0.4, -0.2) is 9.97 Å². The van der Waals surface area contributed by atoms with Crippen LogP contribution < -0.4 is 10.6 Å². The Labute approximate surface area is 138 Å². The lowest BCUT2D eigenvalue weighted by molar-refractivity contribution is 0.628. The first-order valence-electron chi connectivity index (χ1n) is 6.98. The van der Waals surface area contributed by atoms with Gasteiger partial charge in [-0.05, 0) is 42.8 Å². The number of hydrogen-bond donors (Lipinski definition) is 2. The molecular weight excluding hydrogens is 315 g/mol. The zero-order chi connectivity index (χ0) is 16.2. The van der Waals surface area contributed by atoms with Gasteiger partial charge in [-0.2, -0.15) is 0 Å². The Morgan fingerprint density at radius 1 is 0.957 bits per heavy atom. The van der Waals surface area contributed by atoms with E-state index in [-0.39, 0.29) is 5.82 Å². The molecule has 2 aromatic carbocycles. The molecule has 0 aliphatic heterocycles. The van der Waals surface area contributed by atoms with Crippen LogP contribution in [0.25, 0.3) is 0 Å². The van der Waals surface area contributed by atoms with Gasteiger partial charge in [0.2, 0.25) is 0 Å². The zero-order valence-corrected chi connectivity index (χ0v) is 13.1. The third-order valence-corrected chi connectivity index (χ3v) is 3.46. The van der Waals surface area contributed by atoms with Crippen molar-refractivity contribution in [3.63, 3.8) is 0 Å². The third kappa shape index (κ3) is 3.96. The molecule has 6 heteroatoms. The molecule has 1 heterocycles. The first-order valence-corrected chi connectivity index (χ1v) is 7.36.